The monoisotopic (exact) mass is 457 g/mol. The number of ether oxygens (including phenoxy) is 1. The van der Waals surface area contributed by atoms with Gasteiger partial charge in [0.25, 0.3) is 0 Å². The van der Waals surface area contributed by atoms with E-state index < -0.39 is 11.4 Å². The number of nitrogens with zero attached hydrogens (tertiary/aromatic N) is 4. The maximum atomic E-state index is 14.6. The zero-order valence-electron chi connectivity index (χ0n) is 17.6. The molecule has 0 bridgehead atoms. The molecular weight excluding hydrogens is 437 g/mol. The Bertz CT molecular complexity index is 1130. The molecule has 0 aliphatic carbocycles. The third-order valence-corrected chi connectivity index (χ3v) is 5.08. The van der Waals surface area contributed by atoms with E-state index in [0.717, 1.165) is 0 Å². The maximum Gasteiger partial charge on any atom is 0.233 e. The van der Waals surface area contributed by atoms with Crippen molar-refractivity contribution in [2.24, 2.45) is 10.7 Å². The molecule has 32 heavy (non-hydrogen) atoms. The zero-order chi connectivity index (χ0) is 23.3. The molecule has 1 aromatic heterocycles. The number of carbonyl (C=O) groups excluding carboxylic acids is 2. The van der Waals surface area contributed by atoms with E-state index in [1.54, 1.807) is 6.92 Å². The lowest BCUT2D eigenvalue weighted by molar-refractivity contribution is -0.128. The fraction of sp³-hybridized carbons (Fsp3) is 0.318. The number of carbonyl (C=O) groups is 2. The Morgan fingerprint density at radius 2 is 2.12 bits per heavy atom. The summed E-state index contributed by atoms with van der Waals surface area (Å²) in [6.45, 7) is 1.74. The lowest BCUT2D eigenvalue weighted by Gasteiger charge is -2.34. The van der Waals surface area contributed by atoms with Gasteiger partial charge in [0.15, 0.2) is 18.3 Å². The largest absolute Gasteiger partial charge is 0.463 e. The van der Waals surface area contributed by atoms with Crippen molar-refractivity contribution in [1.82, 2.24) is 14.9 Å². The Labute approximate surface area is 189 Å². The van der Waals surface area contributed by atoms with E-state index in [-0.39, 0.29) is 60.1 Å². The van der Waals surface area contributed by atoms with Crippen molar-refractivity contribution in [2.45, 2.75) is 25.3 Å². The number of benzene rings is 1. The SMILES string of the molecule is CN1C(=O)CC(C)(c2cc(CC(=O)c3cnc(OCC#CCCl)cn3)ccc2F)N=C1N. The van der Waals surface area contributed by atoms with Crippen molar-refractivity contribution in [3.63, 3.8) is 0 Å². The van der Waals surface area contributed by atoms with E-state index in [4.69, 9.17) is 22.1 Å². The van der Waals surface area contributed by atoms with Gasteiger partial charge >= 0.3 is 0 Å². The van der Waals surface area contributed by atoms with Crippen LogP contribution >= 0.6 is 11.6 Å². The van der Waals surface area contributed by atoms with Crippen molar-refractivity contribution in [3.8, 4) is 17.7 Å². The fourth-order valence-electron chi connectivity index (χ4n) is 3.18. The van der Waals surface area contributed by atoms with Crippen molar-refractivity contribution in [2.75, 3.05) is 19.5 Å². The minimum atomic E-state index is -1.16. The Kier molecular flexibility index (Phi) is 7.05. The first kappa shape index (κ1) is 23.2. The summed E-state index contributed by atoms with van der Waals surface area (Å²) in [6.07, 6.45) is 2.56. The number of halogens is 2. The summed E-state index contributed by atoms with van der Waals surface area (Å²) in [5.41, 5.74) is 5.54. The van der Waals surface area contributed by atoms with Crippen LogP contribution in [-0.2, 0) is 16.8 Å². The smallest absolute Gasteiger partial charge is 0.233 e. The average Bonchev–Trinajstić information content (AvgIpc) is 2.76. The molecule has 0 saturated heterocycles. The first-order chi connectivity index (χ1) is 15.2. The molecule has 8 nitrogen and oxygen atoms in total. The lowest BCUT2D eigenvalue weighted by Crippen LogP contribution is -2.47. The number of rotatable bonds is 6. The van der Waals surface area contributed by atoms with Gasteiger partial charge in [-0.05, 0) is 24.6 Å². The van der Waals surface area contributed by atoms with Crippen LogP contribution in [0, 0.1) is 17.7 Å². The van der Waals surface area contributed by atoms with E-state index >= 15 is 0 Å². The van der Waals surface area contributed by atoms with Crippen LogP contribution in [0.4, 0.5) is 4.39 Å². The predicted octanol–water partition coefficient (Wildman–Crippen LogP) is 2.05. The second kappa shape index (κ2) is 9.75. The minimum absolute atomic E-state index is 0.0100. The maximum absolute atomic E-state index is 14.6. The average molecular weight is 458 g/mol. The van der Waals surface area contributed by atoms with Crippen LogP contribution in [0.5, 0.6) is 5.88 Å². The molecule has 1 atom stereocenters. The first-order valence-electron chi connectivity index (χ1n) is 9.64. The van der Waals surface area contributed by atoms with Crippen molar-refractivity contribution in [1.29, 1.82) is 0 Å². The van der Waals surface area contributed by atoms with Crippen molar-refractivity contribution < 1.29 is 18.7 Å². The summed E-state index contributed by atoms with van der Waals surface area (Å²) in [5, 5.41) is 0. The Balaban J connectivity index is 1.76. The minimum Gasteiger partial charge on any atom is -0.463 e. The van der Waals surface area contributed by atoms with Gasteiger partial charge in [0.2, 0.25) is 11.8 Å². The van der Waals surface area contributed by atoms with Crippen LogP contribution in [0.3, 0.4) is 0 Å². The molecule has 10 heteroatoms. The second-order valence-electron chi connectivity index (χ2n) is 7.30. The highest BCUT2D eigenvalue weighted by atomic mass is 35.5. The highest BCUT2D eigenvalue weighted by Gasteiger charge is 2.38. The molecule has 1 aliphatic heterocycles. The van der Waals surface area contributed by atoms with Gasteiger partial charge < -0.3 is 10.5 Å². The van der Waals surface area contributed by atoms with Crippen LogP contribution in [0.15, 0.2) is 35.6 Å². The number of nitrogens with two attached hydrogens (primary N) is 1. The number of hydrogen-bond donors (Lipinski definition) is 1. The summed E-state index contributed by atoms with van der Waals surface area (Å²) in [5.74, 6) is 4.67. The molecular formula is C22H21ClFN5O3. The first-order valence-corrected chi connectivity index (χ1v) is 10.2. The quantitative estimate of drug-likeness (QED) is 0.404. The van der Waals surface area contributed by atoms with E-state index in [1.807, 2.05) is 0 Å². The molecule has 0 fully saturated rings. The van der Waals surface area contributed by atoms with Gasteiger partial charge in [-0.25, -0.2) is 19.4 Å². The number of alkyl halides is 1. The molecule has 1 aliphatic rings. The summed E-state index contributed by atoms with van der Waals surface area (Å²) in [4.78, 5) is 38.5. The van der Waals surface area contributed by atoms with Crippen molar-refractivity contribution >= 4 is 29.3 Å². The van der Waals surface area contributed by atoms with E-state index in [9.17, 15) is 14.0 Å². The summed E-state index contributed by atoms with van der Waals surface area (Å²) in [6, 6.07) is 4.29. The standard InChI is InChI=1S/C22H21ClFN5O3/c1-22(11-20(31)29(2)21(25)28-22)15-9-14(5-6-16(15)24)10-18(30)17-12-27-19(13-26-17)32-8-4-3-7-23/h5-6,9,12-13H,7-8,10-11H2,1-2H3,(H2,25,28). The van der Waals surface area contributed by atoms with Gasteiger partial charge in [-0.2, -0.15) is 0 Å². The topological polar surface area (TPSA) is 111 Å². The molecule has 166 valence electrons. The van der Waals surface area contributed by atoms with Gasteiger partial charge in [-0.3, -0.25) is 14.5 Å². The second-order valence-corrected chi connectivity index (χ2v) is 7.57. The molecule has 2 N–H and O–H groups in total. The van der Waals surface area contributed by atoms with E-state index in [2.05, 4.69) is 26.8 Å². The van der Waals surface area contributed by atoms with E-state index in [0.29, 0.717) is 5.56 Å². The number of amides is 1. The molecule has 3 rings (SSSR count). The number of aromatic nitrogens is 2. The molecule has 2 heterocycles. The molecule has 1 unspecified atom stereocenters. The third kappa shape index (κ3) is 5.21. The number of Topliss-reactive ketones (excluding diaryl/α,β-unsaturated/α-hetero) is 1. The van der Waals surface area contributed by atoms with Gasteiger partial charge in [0, 0.05) is 19.0 Å². The normalized spacial score (nSPS) is 17.9. The summed E-state index contributed by atoms with van der Waals surface area (Å²) in [7, 11) is 1.51. The molecule has 0 saturated carbocycles. The summed E-state index contributed by atoms with van der Waals surface area (Å²) < 4.78 is 19.9. The molecule has 0 radical (unpaired) electrons. The molecule has 2 aromatic rings. The summed E-state index contributed by atoms with van der Waals surface area (Å²) >= 11 is 5.45. The Hall–Kier alpha value is -3.51. The van der Waals surface area contributed by atoms with E-state index in [1.165, 1.54) is 42.5 Å². The fourth-order valence-corrected chi connectivity index (χ4v) is 3.27. The van der Waals surface area contributed by atoms with Crippen LogP contribution in [0.25, 0.3) is 0 Å². The van der Waals surface area contributed by atoms with Gasteiger partial charge in [0.1, 0.15) is 11.5 Å². The van der Waals surface area contributed by atoms with Gasteiger partial charge in [-0.15, -0.1) is 11.6 Å². The molecule has 0 spiro atoms. The number of aliphatic imine (C=N–C) groups is 1. The van der Waals surface area contributed by atoms with Gasteiger partial charge in [-0.1, -0.05) is 17.9 Å². The highest BCUT2D eigenvalue weighted by Crippen LogP contribution is 2.35. The van der Waals surface area contributed by atoms with Crippen LogP contribution < -0.4 is 10.5 Å². The lowest BCUT2D eigenvalue weighted by atomic mass is 9.85. The molecule has 1 amide bonds. The predicted molar refractivity (Wildman–Crippen MR) is 117 cm³/mol. The highest BCUT2D eigenvalue weighted by molar-refractivity contribution is 6.19. The van der Waals surface area contributed by atoms with Crippen molar-refractivity contribution in [3.05, 3.63) is 53.2 Å². The van der Waals surface area contributed by atoms with Crippen LogP contribution in [-0.4, -0.2) is 52.1 Å². The third-order valence-electron chi connectivity index (χ3n) is 4.95. The Morgan fingerprint density at radius 3 is 2.78 bits per heavy atom. The number of ketones is 1. The zero-order valence-corrected chi connectivity index (χ0v) is 18.3. The van der Waals surface area contributed by atoms with Crippen LogP contribution in [0.2, 0.25) is 0 Å². The number of hydrogen-bond acceptors (Lipinski definition) is 7. The Morgan fingerprint density at radius 1 is 1.34 bits per heavy atom. The van der Waals surface area contributed by atoms with Crippen LogP contribution in [0.1, 0.15) is 35.0 Å². The van der Waals surface area contributed by atoms with Gasteiger partial charge in [0.05, 0.1) is 30.2 Å². The number of guanidine groups is 1. The molecule has 1 aromatic carbocycles.